The molecule has 4 rings (SSSR count). The Morgan fingerprint density at radius 3 is 2.23 bits per heavy atom. The molecule has 3 amide bonds. The molecule has 0 bridgehead atoms. The molecule has 2 saturated heterocycles. The molecule has 0 radical (unpaired) electrons. The van der Waals surface area contributed by atoms with Gasteiger partial charge in [-0.25, -0.2) is 4.79 Å². The van der Waals surface area contributed by atoms with Crippen LogP contribution in [0.5, 0.6) is 5.75 Å². The molecular weight excluding hydrogens is 392 g/mol. The Balaban J connectivity index is 1.26. The van der Waals surface area contributed by atoms with Crippen molar-refractivity contribution in [1.82, 2.24) is 14.7 Å². The highest BCUT2D eigenvalue weighted by Gasteiger charge is 2.25. The van der Waals surface area contributed by atoms with Gasteiger partial charge >= 0.3 is 6.03 Å². The van der Waals surface area contributed by atoms with Crippen molar-refractivity contribution in [3.05, 3.63) is 60.2 Å². The summed E-state index contributed by atoms with van der Waals surface area (Å²) in [6.45, 7) is 5.26. The van der Waals surface area contributed by atoms with Crippen LogP contribution in [0.2, 0.25) is 0 Å². The number of rotatable bonds is 6. The molecule has 1 N–H and O–H groups in total. The summed E-state index contributed by atoms with van der Waals surface area (Å²) in [7, 11) is 0. The van der Waals surface area contributed by atoms with Crippen LogP contribution in [-0.4, -0.2) is 72.5 Å². The molecule has 2 fully saturated rings. The van der Waals surface area contributed by atoms with E-state index in [-0.39, 0.29) is 11.9 Å². The SMILES string of the molecule is O=C(CN1CCN(C(=O)Nc2ccccc2COc2ccccc2)CC1)N1CCCC1. The quantitative estimate of drug-likeness (QED) is 0.777. The monoisotopic (exact) mass is 422 g/mol. The van der Waals surface area contributed by atoms with Crippen LogP contribution >= 0.6 is 0 Å². The number of benzene rings is 2. The number of nitrogens with one attached hydrogen (secondary N) is 1. The van der Waals surface area contributed by atoms with Crippen LogP contribution in [0.15, 0.2) is 54.6 Å². The molecule has 31 heavy (non-hydrogen) atoms. The van der Waals surface area contributed by atoms with Gasteiger partial charge in [0.15, 0.2) is 0 Å². The van der Waals surface area contributed by atoms with Gasteiger partial charge in [-0.05, 0) is 31.0 Å². The number of piperazine rings is 1. The Hall–Kier alpha value is -3.06. The highest BCUT2D eigenvalue weighted by Crippen LogP contribution is 2.19. The average Bonchev–Trinajstić information content (AvgIpc) is 3.35. The van der Waals surface area contributed by atoms with Crippen molar-refractivity contribution >= 4 is 17.6 Å². The maximum atomic E-state index is 12.8. The fraction of sp³-hybridized carbons (Fsp3) is 0.417. The van der Waals surface area contributed by atoms with Gasteiger partial charge in [0.25, 0.3) is 0 Å². The molecule has 0 aromatic heterocycles. The number of amides is 3. The summed E-state index contributed by atoms with van der Waals surface area (Å²) in [6.07, 6.45) is 2.22. The first-order valence-electron chi connectivity index (χ1n) is 11.0. The second-order valence-corrected chi connectivity index (χ2v) is 8.04. The first-order valence-corrected chi connectivity index (χ1v) is 11.0. The third kappa shape index (κ3) is 5.76. The van der Waals surface area contributed by atoms with Crippen LogP contribution in [0.25, 0.3) is 0 Å². The number of hydrogen-bond acceptors (Lipinski definition) is 4. The number of anilines is 1. The van der Waals surface area contributed by atoms with Crippen molar-refractivity contribution in [1.29, 1.82) is 0 Å². The van der Waals surface area contributed by atoms with Crippen molar-refractivity contribution in [3.8, 4) is 5.75 Å². The van der Waals surface area contributed by atoms with Crippen LogP contribution in [-0.2, 0) is 11.4 Å². The van der Waals surface area contributed by atoms with Crippen molar-refractivity contribution < 1.29 is 14.3 Å². The Kier molecular flexibility index (Phi) is 7.04. The molecule has 0 atom stereocenters. The minimum absolute atomic E-state index is 0.113. The van der Waals surface area contributed by atoms with E-state index in [2.05, 4.69) is 10.2 Å². The van der Waals surface area contributed by atoms with E-state index in [4.69, 9.17) is 4.74 Å². The summed E-state index contributed by atoms with van der Waals surface area (Å²) in [6, 6.07) is 17.2. The smallest absolute Gasteiger partial charge is 0.321 e. The number of likely N-dealkylation sites (tertiary alicyclic amines) is 1. The van der Waals surface area contributed by atoms with Crippen LogP contribution in [0.3, 0.4) is 0 Å². The Morgan fingerprint density at radius 2 is 1.48 bits per heavy atom. The first kappa shape index (κ1) is 21.2. The molecule has 2 aliphatic rings. The van der Waals surface area contributed by atoms with Crippen LogP contribution in [0, 0.1) is 0 Å². The second-order valence-electron chi connectivity index (χ2n) is 8.04. The van der Waals surface area contributed by atoms with Crippen LogP contribution in [0.4, 0.5) is 10.5 Å². The molecule has 2 heterocycles. The zero-order valence-electron chi connectivity index (χ0n) is 17.8. The summed E-state index contributed by atoms with van der Waals surface area (Å²) in [5.41, 5.74) is 1.68. The molecule has 0 spiro atoms. The molecule has 164 valence electrons. The summed E-state index contributed by atoms with van der Waals surface area (Å²) in [5.74, 6) is 1.01. The average molecular weight is 423 g/mol. The van der Waals surface area contributed by atoms with Gasteiger partial charge in [0.05, 0.1) is 6.54 Å². The van der Waals surface area contributed by atoms with E-state index < -0.39 is 0 Å². The predicted octanol–water partition coefficient (Wildman–Crippen LogP) is 3.04. The fourth-order valence-corrected chi connectivity index (χ4v) is 4.01. The number of nitrogens with zero attached hydrogens (tertiary/aromatic N) is 3. The molecule has 0 unspecified atom stereocenters. The number of carbonyl (C=O) groups is 2. The van der Waals surface area contributed by atoms with E-state index in [1.54, 1.807) is 0 Å². The number of ether oxygens (including phenoxy) is 1. The van der Waals surface area contributed by atoms with E-state index in [9.17, 15) is 9.59 Å². The zero-order valence-corrected chi connectivity index (χ0v) is 17.8. The van der Waals surface area contributed by atoms with Crippen molar-refractivity contribution in [2.75, 3.05) is 51.1 Å². The summed E-state index contributed by atoms with van der Waals surface area (Å²) in [5, 5.41) is 3.03. The Labute approximate surface area is 183 Å². The van der Waals surface area contributed by atoms with Crippen LogP contribution < -0.4 is 10.1 Å². The van der Waals surface area contributed by atoms with Gasteiger partial charge < -0.3 is 19.9 Å². The van der Waals surface area contributed by atoms with Gasteiger partial charge in [-0.2, -0.15) is 0 Å². The standard InChI is InChI=1S/C24H30N4O3/c29-23(27-12-6-7-13-27)18-26-14-16-28(17-15-26)24(30)25-22-11-5-4-8-20(22)19-31-21-9-2-1-3-10-21/h1-5,8-11H,6-7,12-19H2,(H,25,30). The van der Waals surface area contributed by atoms with Gasteiger partial charge in [-0.15, -0.1) is 0 Å². The largest absolute Gasteiger partial charge is 0.489 e. The highest BCUT2D eigenvalue weighted by molar-refractivity contribution is 5.90. The molecule has 7 nitrogen and oxygen atoms in total. The molecule has 2 aromatic rings. The van der Waals surface area contributed by atoms with E-state index in [0.29, 0.717) is 39.3 Å². The molecule has 2 aliphatic heterocycles. The lowest BCUT2D eigenvalue weighted by atomic mass is 10.2. The predicted molar refractivity (Wildman–Crippen MR) is 120 cm³/mol. The number of hydrogen-bond donors (Lipinski definition) is 1. The third-order valence-corrected chi connectivity index (χ3v) is 5.87. The third-order valence-electron chi connectivity index (χ3n) is 5.87. The first-order chi connectivity index (χ1) is 15.2. The zero-order chi connectivity index (χ0) is 21.5. The summed E-state index contributed by atoms with van der Waals surface area (Å²) in [4.78, 5) is 31.1. The van der Waals surface area contributed by atoms with Crippen LogP contribution in [0.1, 0.15) is 18.4 Å². The summed E-state index contributed by atoms with van der Waals surface area (Å²) < 4.78 is 5.85. The van der Waals surface area contributed by atoms with Gasteiger partial charge in [0.2, 0.25) is 5.91 Å². The molecule has 0 saturated carbocycles. The summed E-state index contributed by atoms with van der Waals surface area (Å²) >= 11 is 0. The van der Waals surface area contributed by atoms with E-state index in [1.807, 2.05) is 64.4 Å². The van der Waals surface area contributed by atoms with Gasteiger partial charge in [-0.1, -0.05) is 36.4 Å². The lowest BCUT2D eigenvalue weighted by Crippen LogP contribution is -2.52. The van der Waals surface area contributed by atoms with Crippen molar-refractivity contribution in [3.63, 3.8) is 0 Å². The molecule has 7 heteroatoms. The fourth-order valence-electron chi connectivity index (χ4n) is 4.01. The number of para-hydroxylation sites is 2. The molecule has 2 aromatic carbocycles. The highest BCUT2D eigenvalue weighted by atomic mass is 16.5. The number of carbonyl (C=O) groups excluding carboxylic acids is 2. The second kappa shape index (κ2) is 10.3. The molecular formula is C24H30N4O3. The minimum atomic E-state index is -0.113. The van der Waals surface area contributed by atoms with Gasteiger partial charge in [-0.3, -0.25) is 9.69 Å². The Bertz CT molecular complexity index is 875. The lowest BCUT2D eigenvalue weighted by Gasteiger charge is -2.35. The molecule has 0 aliphatic carbocycles. The topological polar surface area (TPSA) is 65.1 Å². The van der Waals surface area contributed by atoms with Crippen molar-refractivity contribution in [2.24, 2.45) is 0 Å². The number of urea groups is 1. The minimum Gasteiger partial charge on any atom is -0.489 e. The lowest BCUT2D eigenvalue weighted by molar-refractivity contribution is -0.131. The van der Waals surface area contributed by atoms with Gasteiger partial charge in [0.1, 0.15) is 12.4 Å². The Morgan fingerprint density at radius 1 is 0.806 bits per heavy atom. The van der Waals surface area contributed by atoms with E-state index >= 15 is 0 Å². The maximum absolute atomic E-state index is 12.8. The van der Waals surface area contributed by atoms with E-state index in [0.717, 1.165) is 42.9 Å². The van der Waals surface area contributed by atoms with E-state index in [1.165, 1.54) is 0 Å². The normalized spacial score (nSPS) is 16.9. The van der Waals surface area contributed by atoms with Crippen molar-refractivity contribution in [2.45, 2.75) is 19.4 Å². The maximum Gasteiger partial charge on any atom is 0.321 e. The van der Waals surface area contributed by atoms with Gasteiger partial charge in [0, 0.05) is 50.5 Å².